The predicted octanol–water partition coefficient (Wildman–Crippen LogP) is 3.68. The minimum Gasteiger partial charge on any atom is -0.453 e. The third-order valence-electron chi connectivity index (χ3n) is 2.82. The molecule has 0 aliphatic rings. The lowest BCUT2D eigenvalue weighted by Crippen LogP contribution is -2.10. The molecule has 1 amide bonds. The SMILES string of the molecule is COC(=O)Nc1nnc(-c2ccc(C(C)(C)C)cc2)s1. The van der Waals surface area contributed by atoms with E-state index in [0.717, 1.165) is 10.6 Å². The first kappa shape index (κ1) is 14.5. The molecule has 0 spiro atoms. The molecule has 0 saturated heterocycles. The van der Waals surface area contributed by atoms with Crippen LogP contribution in [0.2, 0.25) is 0 Å². The van der Waals surface area contributed by atoms with Crippen LogP contribution < -0.4 is 5.32 Å². The number of nitrogens with zero attached hydrogens (tertiary/aromatic N) is 2. The van der Waals surface area contributed by atoms with E-state index in [9.17, 15) is 4.79 Å². The van der Waals surface area contributed by atoms with Gasteiger partial charge in [0.1, 0.15) is 5.01 Å². The highest BCUT2D eigenvalue weighted by molar-refractivity contribution is 7.18. The van der Waals surface area contributed by atoms with Crippen molar-refractivity contribution in [2.24, 2.45) is 0 Å². The molecular formula is C14H17N3O2S. The highest BCUT2D eigenvalue weighted by atomic mass is 32.1. The number of carbonyl (C=O) groups is 1. The first-order chi connectivity index (χ1) is 9.40. The number of anilines is 1. The van der Waals surface area contributed by atoms with Crippen molar-refractivity contribution in [1.82, 2.24) is 10.2 Å². The van der Waals surface area contributed by atoms with Gasteiger partial charge in [0.05, 0.1) is 7.11 Å². The van der Waals surface area contributed by atoms with Crippen LogP contribution in [-0.2, 0) is 10.2 Å². The Hall–Kier alpha value is -1.95. The van der Waals surface area contributed by atoms with E-state index in [4.69, 9.17) is 0 Å². The predicted molar refractivity (Wildman–Crippen MR) is 80.1 cm³/mol. The van der Waals surface area contributed by atoms with E-state index >= 15 is 0 Å². The van der Waals surface area contributed by atoms with Crippen LogP contribution in [0.25, 0.3) is 10.6 Å². The fourth-order valence-corrected chi connectivity index (χ4v) is 2.38. The first-order valence-corrected chi connectivity index (χ1v) is 7.01. The molecule has 0 atom stereocenters. The summed E-state index contributed by atoms with van der Waals surface area (Å²) in [6, 6.07) is 8.21. The molecule has 1 aromatic carbocycles. The maximum absolute atomic E-state index is 11.1. The van der Waals surface area contributed by atoms with E-state index in [1.165, 1.54) is 24.0 Å². The van der Waals surface area contributed by atoms with Gasteiger partial charge in [0.15, 0.2) is 0 Å². The minimum absolute atomic E-state index is 0.122. The van der Waals surface area contributed by atoms with Crippen molar-refractivity contribution in [2.45, 2.75) is 26.2 Å². The summed E-state index contributed by atoms with van der Waals surface area (Å²) in [6.07, 6.45) is -0.546. The van der Waals surface area contributed by atoms with Gasteiger partial charge in [0.25, 0.3) is 0 Å². The Morgan fingerprint density at radius 2 is 1.85 bits per heavy atom. The summed E-state index contributed by atoms with van der Waals surface area (Å²) in [5.41, 5.74) is 2.36. The van der Waals surface area contributed by atoms with Crippen molar-refractivity contribution < 1.29 is 9.53 Å². The molecule has 2 aromatic rings. The lowest BCUT2D eigenvalue weighted by atomic mass is 9.87. The molecular weight excluding hydrogens is 274 g/mol. The second kappa shape index (κ2) is 5.58. The van der Waals surface area contributed by atoms with E-state index in [2.05, 4.69) is 53.2 Å². The van der Waals surface area contributed by atoms with Crippen LogP contribution in [0, 0.1) is 0 Å². The van der Waals surface area contributed by atoms with E-state index in [0.29, 0.717) is 5.13 Å². The number of hydrogen-bond acceptors (Lipinski definition) is 5. The van der Waals surface area contributed by atoms with E-state index < -0.39 is 6.09 Å². The Morgan fingerprint density at radius 1 is 1.20 bits per heavy atom. The Labute approximate surface area is 122 Å². The second-order valence-electron chi connectivity index (χ2n) is 5.36. The number of benzene rings is 1. The summed E-state index contributed by atoms with van der Waals surface area (Å²) in [7, 11) is 1.31. The second-order valence-corrected chi connectivity index (χ2v) is 6.33. The third-order valence-corrected chi connectivity index (χ3v) is 3.71. The minimum atomic E-state index is -0.546. The van der Waals surface area contributed by atoms with Crippen molar-refractivity contribution in [2.75, 3.05) is 12.4 Å². The van der Waals surface area contributed by atoms with Gasteiger partial charge >= 0.3 is 6.09 Å². The topological polar surface area (TPSA) is 64.1 Å². The summed E-state index contributed by atoms with van der Waals surface area (Å²) >= 11 is 1.31. The lowest BCUT2D eigenvalue weighted by molar-refractivity contribution is 0.187. The third kappa shape index (κ3) is 3.33. The zero-order valence-corrected chi connectivity index (χ0v) is 12.7. The maximum atomic E-state index is 11.1. The number of hydrogen-bond donors (Lipinski definition) is 1. The smallest absolute Gasteiger partial charge is 0.413 e. The standard InChI is InChI=1S/C14H17N3O2S/c1-14(2,3)10-7-5-9(6-8-10)11-16-17-12(20-11)15-13(18)19-4/h5-8H,1-4H3,(H,15,17,18). The number of rotatable bonds is 2. The molecule has 1 heterocycles. The average Bonchev–Trinajstić information content (AvgIpc) is 2.86. The van der Waals surface area contributed by atoms with Gasteiger partial charge in [-0.25, -0.2) is 4.79 Å². The maximum Gasteiger partial charge on any atom is 0.413 e. The van der Waals surface area contributed by atoms with Crippen LogP contribution in [0.15, 0.2) is 24.3 Å². The molecule has 2 rings (SSSR count). The molecule has 1 aromatic heterocycles. The van der Waals surface area contributed by atoms with Gasteiger partial charge < -0.3 is 4.74 Å². The Morgan fingerprint density at radius 3 is 2.40 bits per heavy atom. The van der Waals surface area contributed by atoms with Crippen molar-refractivity contribution in [3.63, 3.8) is 0 Å². The molecule has 0 aliphatic heterocycles. The number of ether oxygens (including phenoxy) is 1. The molecule has 106 valence electrons. The van der Waals surface area contributed by atoms with E-state index in [1.54, 1.807) is 0 Å². The van der Waals surface area contributed by atoms with Crippen molar-refractivity contribution in [3.05, 3.63) is 29.8 Å². The van der Waals surface area contributed by atoms with Gasteiger partial charge in [-0.15, -0.1) is 10.2 Å². The monoisotopic (exact) mass is 291 g/mol. The number of methoxy groups -OCH3 is 1. The lowest BCUT2D eigenvalue weighted by Gasteiger charge is -2.18. The zero-order chi connectivity index (χ0) is 14.8. The van der Waals surface area contributed by atoms with Crippen LogP contribution in [0.5, 0.6) is 0 Å². The molecule has 0 unspecified atom stereocenters. The number of carbonyl (C=O) groups excluding carboxylic acids is 1. The summed E-state index contributed by atoms with van der Waals surface area (Å²) in [5.74, 6) is 0. The summed E-state index contributed by atoms with van der Waals surface area (Å²) in [6.45, 7) is 6.52. The highest BCUT2D eigenvalue weighted by Gasteiger charge is 2.14. The fraction of sp³-hybridized carbons (Fsp3) is 0.357. The molecule has 5 nitrogen and oxygen atoms in total. The number of nitrogens with one attached hydrogen (secondary N) is 1. The van der Waals surface area contributed by atoms with Crippen LogP contribution in [0.3, 0.4) is 0 Å². The molecule has 1 N–H and O–H groups in total. The fourth-order valence-electron chi connectivity index (χ4n) is 1.64. The molecule has 0 fully saturated rings. The highest BCUT2D eigenvalue weighted by Crippen LogP contribution is 2.29. The van der Waals surface area contributed by atoms with E-state index in [-0.39, 0.29) is 5.41 Å². The Kier molecular flexibility index (Phi) is 4.04. The molecule has 0 bridgehead atoms. The van der Waals surface area contributed by atoms with Gasteiger partial charge in [0, 0.05) is 5.56 Å². The van der Waals surface area contributed by atoms with E-state index in [1.807, 2.05) is 12.1 Å². The first-order valence-electron chi connectivity index (χ1n) is 6.19. The molecule has 0 radical (unpaired) electrons. The van der Waals surface area contributed by atoms with Gasteiger partial charge in [-0.2, -0.15) is 0 Å². The Balaban J connectivity index is 2.18. The van der Waals surface area contributed by atoms with Crippen molar-refractivity contribution in [3.8, 4) is 10.6 Å². The van der Waals surface area contributed by atoms with Crippen molar-refractivity contribution in [1.29, 1.82) is 0 Å². The largest absolute Gasteiger partial charge is 0.453 e. The molecule has 0 saturated carbocycles. The van der Waals surface area contributed by atoms with Crippen LogP contribution in [0.4, 0.5) is 9.93 Å². The molecule has 0 aliphatic carbocycles. The quantitative estimate of drug-likeness (QED) is 0.916. The summed E-state index contributed by atoms with van der Waals surface area (Å²) in [4.78, 5) is 11.1. The van der Waals surface area contributed by atoms with Gasteiger partial charge in [-0.1, -0.05) is 56.4 Å². The summed E-state index contributed by atoms with van der Waals surface area (Å²) in [5, 5.41) is 11.7. The van der Waals surface area contributed by atoms with Crippen LogP contribution >= 0.6 is 11.3 Å². The number of aromatic nitrogens is 2. The van der Waals surface area contributed by atoms with Gasteiger partial charge in [-0.3, -0.25) is 5.32 Å². The van der Waals surface area contributed by atoms with Crippen LogP contribution in [0.1, 0.15) is 26.3 Å². The van der Waals surface area contributed by atoms with Crippen LogP contribution in [-0.4, -0.2) is 23.4 Å². The van der Waals surface area contributed by atoms with Gasteiger partial charge in [-0.05, 0) is 11.0 Å². The Bertz CT molecular complexity index is 600. The van der Waals surface area contributed by atoms with Gasteiger partial charge in [0.2, 0.25) is 5.13 Å². The summed E-state index contributed by atoms with van der Waals surface area (Å²) < 4.78 is 4.51. The van der Waals surface area contributed by atoms with Crippen molar-refractivity contribution >= 4 is 22.6 Å². The molecule has 6 heteroatoms. The number of amides is 1. The normalized spacial score (nSPS) is 11.2. The zero-order valence-electron chi connectivity index (χ0n) is 11.9. The molecule has 20 heavy (non-hydrogen) atoms. The average molecular weight is 291 g/mol.